The highest BCUT2D eigenvalue weighted by molar-refractivity contribution is 5.81. The number of para-hydroxylation sites is 1. The molecule has 0 aromatic heterocycles. The van der Waals surface area contributed by atoms with Gasteiger partial charge < -0.3 is 9.80 Å². The summed E-state index contributed by atoms with van der Waals surface area (Å²) < 4.78 is 0. The van der Waals surface area contributed by atoms with Gasteiger partial charge in [-0.05, 0) is 135 Å². The third-order valence-electron chi connectivity index (χ3n) is 11.7. The predicted octanol–water partition coefficient (Wildman–Crippen LogP) is 16.9. The standard InChI is InChI=1S/C60H46N2/c1-5-13-45(14-6-1)51-29-37-57(38-30-51)61(55-17-9-3-10-18-55)59-41-33-53(34-42-59)49-25-21-47(22-26-49)48-23-27-50(28-24-48)54-35-43-60(44-36-54)62(56-19-11-4-12-20-56)58-39-31-52(32-40-58)46-15-7-2-8-16-46/h1-3,5-11,13-44H,4,12H2. The minimum absolute atomic E-state index is 1.05. The Morgan fingerprint density at radius 1 is 0.226 bits per heavy atom. The van der Waals surface area contributed by atoms with Crippen molar-refractivity contribution in [1.82, 2.24) is 0 Å². The van der Waals surface area contributed by atoms with Crippen LogP contribution in [0.3, 0.4) is 0 Å². The Labute approximate surface area is 365 Å². The molecule has 62 heavy (non-hydrogen) atoms. The molecule has 296 valence electrons. The molecule has 9 aromatic rings. The van der Waals surface area contributed by atoms with Gasteiger partial charge in [0.1, 0.15) is 0 Å². The first-order chi connectivity index (χ1) is 30.7. The average molecular weight is 795 g/mol. The fourth-order valence-electron chi connectivity index (χ4n) is 8.42. The molecule has 0 fully saturated rings. The van der Waals surface area contributed by atoms with Crippen LogP contribution in [0.1, 0.15) is 12.8 Å². The lowest BCUT2D eigenvalue weighted by molar-refractivity contribution is 0.997. The van der Waals surface area contributed by atoms with Crippen molar-refractivity contribution in [2.24, 2.45) is 0 Å². The van der Waals surface area contributed by atoms with Crippen molar-refractivity contribution in [3.8, 4) is 55.6 Å². The maximum atomic E-state index is 2.36. The molecule has 0 aliphatic heterocycles. The van der Waals surface area contributed by atoms with Crippen LogP contribution in [0.25, 0.3) is 55.6 Å². The van der Waals surface area contributed by atoms with Crippen LogP contribution in [0.2, 0.25) is 0 Å². The normalized spacial score (nSPS) is 12.1. The van der Waals surface area contributed by atoms with E-state index in [1.165, 1.54) is 61.3 Å². The van der Waals surface area contributed by atoms with Crippen LogP contribution in [-0.2, 0) is 0 Å². The van der Waals surface area contributed by atoms with E-state index in [-0.39, 0.29) is 0 Å². The second-order valence-electron chi connectivity index (χ2n) is 15.7. The number of benzene rings is 9. The third kappa shape index (κ3) is 8.28. The summed E-state index contributed by atoms with van der Waals surface area (Å²) in [5.41, 5.74) is 18.9. The number of hydrogen-bond donors (Lipinski definition) is 0. The lowest BCUT2D eigenvalue weighted by Gasteiger charge is -2.28. The van der Waals surface area contributed by atoms with Gasteiger partial charge >= 0.3 is 0 Å². The Bertz CT molecular complexity index is 2920. The Hall–Kier alpha value is -7.94. The van der Waals surface area contributed by atoms with E-state index in [1.54, 1.807) is 0 Å². The molecule has 1 aliphatic rings. The molecule has 0 amide bonds. The van der Waals surface area contributed by atoms with Gasteiger partial charge in [-0.15, -0.1) is 0 Å². The van der Waals surface area contributed by atoms with Crippen molar-refractivity contribution in [3.63, 3.8) is 0 Å². The molecular formula is C60H46N2. The van der Waals surface area contributed by atoms with Crippen molar-refractivity contribution in [2.75, 3.05) is 9.80 Å². The first-order valence-corrected chi connectivity index (χ1v) is 21.5. The summed E-state index contributed by atoms with van der Waals surface area (Å²) in [7, 11) is 0. The van der Waals surface area contributed by atoms with Gasteiger partial charge in [0, 0.05) is 34.1 Å². The SMILES string of the molecule is C1=CC(N(c2ccc(-c3ccccc3)cc2)c2ccc(-c3ccc(-c4ccc(-c5ccc(N(c6ccccc6)c6ccc(-c7ccccc7)cc6)cc5)cc4)cc3)cc2)=CCC1. The largest absolute Gasteiger partial charge is 0.311 e. The highest BCUT2D eigenvalue weighted by atomic mass is 15.1. The minimum Gasteiger partial charge on any atom is -0.311 e. The van der Waals surface area contributed by atoms with Gasteiger partial charge in [0.2, 0.25) is 0 Å². The van der Waals surface area contributed by atoms with Crippen molar-refractivity contribution in [3.05, 3.63) is 261 Å². The highest BCUT2D eigenvalue weighted by Gasteiger charge is 2.16. The number of allylic oxidation sites excluding steroid dienone is 3. The number of anilines is 5. The van der Waals surface area contributed by atoms with Crippen molar-refractivity contribution in [2.45, 2.75) is 12.8 Å². The molecular weight excluding hydrogens is 749 g/mol. The molecule has 0 N–H and O–H groups in total. The molecule has 1 aliphatic carbocycles. The first kappa shape index (κ1) is 38.3. The van der Waals surface area contributed by atoms with Crippen LogP contribution in [0.15, 0.2) is 261 Å². The first-order valence-electron chi connectivity index (χ1n) is 21.5. The fourth-order valence-corrected chi connectivity index (χ4v) is 8.42. The summed E-state index contributed by atoms with van der Waals surface area (Å²) in [4.78, 5) is 4.67. The van der Waals surface area contributed by atoms with Gasteiger partial charge in [-0.1, -0.05) is 188 Å². The highest BCUT2D eigenvalue weighted by Crippen LogP contribution is 2.38. The lowest BCUT2D eigenvalue weighted by atomic mass is 9.97. The topological polar surface area (TPSA) is 6.48 Å². The summed E-state index contributed by atoms with van der Waals surface area (Å²) in [6.07, 6.45) is 8.99. The van der Waals surface area contributed by atoms with Gasteiger partial charge in [0.15, 0.2) is 0 Å². The van der Waals surface area contributed by atoms with Crippen molar-refractivity contribution in [1.29, 1.82) is 0 Å². The molecule has 0 saturated heterocycles. The molecule has 0 unspecified atom stereocenters. The zero-order valence-electron chi connectivity index (χ0n) is 34.6. The Morgan fingerprint density at radius 2 is 0.484 bits per heavy atom. The van der Waals surface area contributed by atoms with Gasteiger partial charge in [-0.2, -0.15) is 0 Å². The second kappa shape index (κ2) is 17.7. The molecule has 0 atom stereocenters. The van der Waals surface area contributed by atoms with E-state index in [4.69, 9.17) is 0 Å². The zero-order chi connectivity index (χ0) is 41.5. The summed E-state index contributed by atoms with van der Waals surface area (Å²) in [5.74, 6) is 0. The van der Waals surface area contributed by atoms with Crippen LogP contribution in [0.4, 0.5) is 28.4 Å². The van der Waals surface area contributed by atoms with E-state index in [0.717, 1.165) is 41.3 Å². The van der Waals surface area contributed by atoms with Gasteiger partial charge in [-0.25, -0.2) is 0 Å². The minimum atomic E-state index is 1.05. The summed E-state index contributed by atoms with van der Waals surface area (Å²) in [5, 5.41) is 0. The number of rotatable bonds is 11. The number of nitrogens with zero attached hydrogens (tertiary/aromatic N) is 2. The van der Waals surface area contributed by atoms with Crippen LogP contribution in [0.5, 0.6) is 0 Å². The maximum absolute atomic E-state index is 2.36. The van der Waals surface area contributed by atoms with Gasteiger partial charge in [0.25, 0.3) is 0 Å². The van der Waals surface area contributed by atoms with E-state index in [1.807, 2.05) is 0 Å². The Morgan fingerprint density at radius 3 is 0.790 bits per heavy atom. The van der Waals surface area contributed by atoms with Crippen LogP contribution in [-0.4, -0.2) is 0 Å². The van der Waals surface area contributed by atoms with Crippen LogP contribution < -0.4 is 9.80 Å². The maximum Gasteiger partial charge on any atom is 0.0462 e. The molecule has 0 radical (unpaired) electrons. The van der Waals surface area contributed by atoms with E-state index in [9.17, 15) is 0 Å². The van der Waals surface area contributed by atoms with Crippen LogP contribution >= 0.6 is 0 Å². The molecule has 0 saturated carbocycles. The summed E-state index contributed by atoms with van der Waals surface area (Å²) in [6.45, 7) is 0. The molecule has 0 bridgehead atoms. The third-order valence-corrected chi connectivity index (χ3v) is 11.7. The summed E-state index contributed by atoms with van der Waals surface area (Å²) in [6, 6.07) is 85.1. The number of hydrogen-bond acceptors (Lipinski definition) is 2. The van der Waals surface area contributed by atoms with E-state index in [2.05, 4.69) is 265 Å². The second-order valence-corrected chi connectivity index (χ2v) is 15.7. The van der Waals surface area contributed by atoms with E-state index >= 15 is 0 Å². The van der Waals surface area contributed by atoms with Crippen molar-refractivity contribution < 1.29 is 0 Å². The van der Waals surface area contributed by atoms with E-state index < -0.39 is 0 Å². The van der Waals surface area contributed by atoms with E-state index in [0.29, 0.717) is 0 Å². The molecule has 2 heteroatoms. The quantitative estimate of drug-likeness (QED) is 0.129. The molecule has 2 nitrogen and oxygen atoms in total. The van der Waals surface area contributed by atoms with Crippen LogP contribution in [0, 0.1) is 0 Å². The predicted molar refractivity (Wildman–Crippen MR) is 263 cm³/mol. The summed E-state index contributed by atoms with van der Waals surface area (Å²) >= 11 is 0. The molecule has 9 aromatic carbocycles. The average Bonchev–Trinajstić information content (AvgIpc) is 3.36. The Balaban J connectivity index is 0.841. The smallest absolute Gasteiger partial charge is 0.0462 e. The Kier molecular flexibility index (Phi) is 10.9. The monoisotopic (exact) mass is 794 g/mol. The van der Waals surface area contributed by atoms with Gasteiger partial charge in [-0.3, -0.25) is 0 Å². The molecule has 0 spiro atoms. The van der Waals surface area contributed by atoms with Gasteiger partial charge in [0.05, 0.1) is 0 Å². The zero-order valence-corrected chi connectivity index (χ0v) is 34.6. The molecule has 0 heterocycles. The lowest BCUT2D eigenvalue weighted by Crippen LogP contribution is -2.16. The molecule has 10 rings (SSSR count). The fraction of sp³-hybridized carbons (Fsp3) is 0.0333. The van der Waals surface area contributed by atoms with Crippen molar-refractivity contribution >= 4 is 28.4 Å².